The van der Waals surface area contributed by atoms with Gasteiger partial charge in [0.15, 0.2) is 0 Å². The molecule has 1 saturated heterocycles. The Balaban J connectivity index is 1.33. The lowest BCUT2D eigenvalue weighted by Crippen LogP contribution is -2.40. The summed E-state index contributed by atoms with van der Waals surface area (Å²) in [5.74, 6) is 0.550. The molecule has 2 aromatic carbocycles. The second kappa shape index (κ2) is 10.5. The summed E-state index contributed by atoms with van der Waals surface area (Å²) in [5, 5.41) is 8.57. The number of rotatable bonds is 7. The van der Waals surface area contributed by atoms with Crippen molar-refractivity contribution in [3.63, 3.8) is 0 Å². The monoisotopic (exact) mass is 464 g/mol. The molecule has 1 atom stereocenters. The van der Waals surface area contributed by atoms with E-state index in [0.29, 0.717) is 17.4 Å². The highest BCUT2D eigenvalue weighted by molar-refractivity contribution is 6.31. The van der Waals surface area contributed by atoms with Crippen LogP contribution < -0.4 is 5.32 Å². The van der Waals surface area contributed by atoms with Crippen LogP contribution in [-0.4, -0.2) is 40.2 Å². The number of carbonyl (C=O) groups is 1. The van der Waals surface area contributed by atoms with E-state index in [1.165, 1.54) is 12.0 Å². The fourth-order valence-electron chi connectivity index (χ4n) is 4.68. The number of aromatic nitrogens is 2. The van der Waals surface area contributed by atoms with Crippen LogP contribution in [0.5, 0.6) is 0 Å². The van der Waals surface area contributed by atoms with Crippen molar-refractivity contribution in [2.45, 2.75) is 46.6 Å². The van der Waals surface area contributed by atoms with Crippen molar-refractivity contribution in [2.75, 3.05) is 19.6 Å². The molecule has 1 aliphatic rings. The average molecular weight is 465 g/mol. The standard InChI is InChI=1S/C27H33ClN4O/c1-19-11-12-24(14-26(19)28)32-21(3)25(20(2)30-32)15-27(33)29-16-23-10-7-13-31(18-23)17-22-8-5-4-6-9-22/h4-6,8-9,11-12,14,23H,7,10,13,15-18H2,1-3H3,(H,29,33). The molecule has 2 heterocycles. The molecule has 5 nitrogen and oxygen atoms in total. The largest absolute Gasteiger partial charge is 0.355 e. The van der Waals surface area contributed by atoms with Gasteiger partial charge in [0.25, 0.3) is 0 Å². The normalized spacial score (nSPS) is 16.7. The average Bonchev–Trinajstić information content (AvgIpc) is 3.09. The Morgan fingerprint density at radius 2 is 1.94 bits per heavy atom. The van der Waals surface area contributed by atoms with Crippen molar-refractivity contribution >= 4 is 17.5 Å². The fraction of sp³-hybridized carbons (Fsp3) is 0.407. The topological polar surface area (TPSA) is 50.2 Å². The molecule has 0 saturated carbocycles. The SMILES string of the molecule is Cc1ccc(-n2nc(C)c(CC(=O)NCC3CCCN(Cc4ccccc4)C3)c2C)cc1Cl. The first-order valence-corrected chi connectivity index (χ1v) is 12.1. The zero-order valence-corrected chi connectivity index (χ0v) is 20.5. The Labute approximate surface area is 201 Å². The summed E-state index contributed by atoms with van der Waals surface area (Å²) in [6.07, 6.45) is 2.69. The van der Waals surface area contributed by atoms with Crippen LogP contribution in [0.15, 0.2) is 48.5 Å². The smallest absolute Gasteiger partial charge is 0.224 e. The minimum atomic E-state index is 0.0582. The van der Waals surface area contributed by atoms with Crippen LogP contribution in [0, 0.1) is 26.7 Å². The van der Waals surface area contributed by atoms with E-state index in [1.807, 2.05) is 43.7 Å². The number of halogens is 1. The van der Waals surface area contributed by atoms with Crippen molar-refractivity contribution in [1.29, 1.82) is 0 Å². The first-order chi connectivity index (χ1) is 15.9. The number of aryl methyl sites for hydroxylation is 2. The van der Waals surface area contributed by atoms with Gasteiger partial charge >= 0.3 is 0 Å². The molecule has 1 unspecified atom stereocenters. The van der Waals surface area contributed by atoms with Gasteiger partial charge in [-0.1, -0.05) is 48.0 Å². The first kappa shape index (κ1) is 23.5. The predicted molar refractivity (Wildman–Crippen MR) is 134 cm³/mol. The van der Waals surface area contributed by atoms with Gasteiger partial charge in [-0.05, 0) is 69.3 Å². The molecule has 174 valence electrons. The highest BCUT2D eigenvalue weighted by Crippen LogP contribution is 2.23. The minimum Gasteiger partial charge on any atom is -0.355 e. The lowest BCUT2D eigenvalue weighted by atomic mass is 9.97. The van der Waals surface area contributed by atoms with Crippen LogP contribution in [0.3, 0.4) is 0 Å². The predicted octanol–water partition coefficient (Wildman–Crippen LogP) is 5.02. The van der Waals surface area contributed by atoms with Gasteiger partial charge in [0.2, 0.25) is 5.91 Å². The number of hydrogen-bond acceptors (Lipinski definition) is 3. The number of likely N-dealkylation sites (tertiary alicyclic amines) is 1. The number of amides is 1. The maximum absolute atomic E-state index is 12.8. The third kappa shape index (κ3) is 5.84. The maximum Gasteiger partial charge on any atom is 0.224 e. The van der Waals surface area contributed by atoms with Crippen LogP contribution in [0.4, 0.5) is 0 Å². The Morgan fingerprint density at radius 1 is 1.15 bits per heavy atom. The minimum absolute atomic E-state index is 0.0582. The van der Waals surface area contributed by atoms with Gasteiger partial charge in [-0.15, -0.1) is 0 Å². The summed E-state index contributed by atoms with van der Waals surface area (Å²) in [4.78, 5) is 15.3. The molecule has 1 amide bonds. The summed E-state index contributed by atoms with van der Waals surface area (Å²) >= 11 is 6.31. The fourth-order valence-corrected chi connectivity index (χ4v) is 4.85. The molecule has 33 heavy (non-hydrogen) atoms. The molecular formula is C27H33ClN4O. The van der Waals surface area contributed by atoms with E-state index in [0.717, 1.165) is 60.8 Å². The summed E-state index contributed by atoms with van der Waals surface area (Å²) in [5.41, 5.74) is 6.14. The molecule has 6 heteroatoms. The summed E-state index contributed by atoms with van der Waals surface area (Å²) in [6.45, 7) is 9.81. The summed E-state index contributed by atoms with van der Waals surface area (Å²) in [6, 6.07) is 16.5. The highest BCUT2D eigenvalue weighted by Gasteiger charge is 2.21. The number of benzene rings is 2. The van der Waals surface area contributed by atoms with E-state index in [-0.39, 0.29) is 5.91 Å². The molecule has 1 fully saturated rings. The second-order valence-corrected chi connectivity index (χ2v) is 9.61. The number of piperidine rings is 1. The van der Waals surface area contributed by atoms with Crippen molar-refractivity contribution in [3.8, 4) is 5.69 Å². The lowest BCUT2D eigenvalue weighted by Gasteiger charge is -2.32. The molecular weight excluding hydrogens is 432 g/mol. The number of carbonyl (C=O) groups excluding carboxylic acids is 1. The molecule has 1 N–H and O–H groups in total. The van der Waals surface area contributed by atoms with Crippen LogP contribution >= 0.6 is 11.6 Å². The zero-order chi connectivity index (χ0) is 23.4. The van der Waals surface area contributed by atoms with Gasteiger partial charge < -0.3 is 5.32 Å². The van der Waals surface area contributed by atoms with E-state index in [1.54, 1.807) is 0 Å². The Morgan fingerprint density at radius 3 is 2.70 bits per heavy atom. The lowest BCUT2D eigenvalue weighted by molar-refractivity contribution is -0.120. The molecule has 4 rings (SSSR count). The molecule has 3 aromatic rings. The maximum atomic E-state index is 12.8. The third-order valence-electron chi connectivity index (χ3n) is 6.62. The first-order valence-electron chi connectivity index (χ1n) is 11.8. The highest BCUT2D eigenvalue weighted by atomic mass is 35.5. The van der Waals surface area contributed by atoms with Gasteiger partial charge in [0.05, 0.1) is 17.8 Å². The molecule has 0 aliphatic carbocycles. The Hall–Kier alpha value is -2.63. The van der Waals surface area contributed by atoms with E-state index in [2.05, 4.69) is 45.6 Å². The molecule has 0 bridgehead atoms. The van der Waals surface area contributed by atoms with E-state index in [9.17, 15) is 4.79 Å². The van der Waals surface area contributed by atoms with Crippen molar-refractivity contribution < 1.29 is 4.79 Å². The number of nitrogens with zero attached hydrogens (tertiary/aromatic N) is 3. The van der Waals surface area contributed by atoms with E-state index >= 15 is 0 Å². The van der Waals surface area contributed by atoms with Crippen LogP contribution in [0.1, 0.15) is 40.9 Å². The third-order valence-corrected chi connectivity index (χ3v) is 7.03. The van der Waals surface area contributed by atoms with Gasteiger partial charge in [0.1, 0.15) is 0 Å². The zero-order valence-electron chi connectivity index (χ0n) is 19.8. The van der Waals surface area contributed by atoms with Crippen LogP contribution in [0.25, 0.3) is 5.69 Å². The van der Waals surface area contributed by atoms with Gasteiger partial charge in [0, 0.05) is 35.9 Å². The molecule has 0 spiro atoms. The number of hydrogen-bond donors (Lipinski definition) is 1. The Kier molecular flexibility index (Phi) is 7.51. The van der Waals surface area contributed by atoms with E-state index in [4.69, 9.17) is 11.6 Å². The molecule has 1 aliphatic heterocycles. The quantitative estimate of drug-likeness (QED) is 0.534. The van der Waals surface area contributed by atoms with Crippen LogP contribution in [0.2, 0.25) is 5.02 Å². The van der Waals surface area contributed by atoms with Crippen molar-refractivity contribution in [2.24, 2.45) is 5.92 Å². The van der Waals surface area contributed by atoms with Gasteiger partial charge in [-0.2, -0.15) is 5.10 Å². The van der Waals surface area contributed by atoms with Crippen molar-refractivity contribution in [1.82, 2.24) is 20.0 Å². The van der Waals surface area contributed by atoms with Crippen LogP contribution in [-0.2, 0) is 17.8 Å². The van der Waals surface area contributed by atoms with Gasteiger partial charge in [-0.25, -0.2) is 4.68 Å². The summed E-state index contributed by atoms with van der Waals surface area (Å²) < 4.78 is 1.88. The second-order valence-electron chi connectivity index (χ2n) is 9.20. The molecule has 0 radical (unpaired) electrons. The van der Waals surface area contributed by atoms with E-state index < -0.39 is 0 Å². The summed E-state index contributed by atoms with van der Waals surface area (Å²) in [7, 11) is 0. The van der Waals surface area contributed by atoms with Gasteiger partial charge in [-0.3, -0.25) is 9.69 Å². The number of nitrogens with one attached hydrogen (secondary N) is 1. The van der Waals surface area contributed by atoms with Crippen molar-refractivity contribution in [3.05, 3.63) is 81.6 Å². The molecule has 1 aromatic heterocycles. The Bertz CT molecular complexity index is 1110.